The molecular weight excluding hydrogens is 306 g/mol. The molecule has 0 aromatic heterocycles. The lowest BCUT2D eigenvalue weighted by Gasteiger charge is -2.12. The van der Waals surface area contributed by atoms with E-state index in [4.69, 9.17) is 0 Å². The Balaban J connectivity index is 2.62. The van der Waals surface area contributed by atoms with Crippen LogP contribution in [0.15, 0.2) is 16.6 Å². The van der Waals surface area contributed by atoms with Gasteiger partial charge in [-0.1, -0.05) is 6.92 Å². The van der Waals surface area contributed by atoms with Crippen LogP contribution in [0, 0.1) is 11.6 Å². The maximum absolute atomic E-state index is 13.4. The number of hydrogen-bond donors (Lipinski definition) is 2. The Labute approximate surface area is 113 Å². The van der Waals surface area contributed by atoms with E-state index in [0.717, 1.165) is 12.5 Å². The van der Waals surface area contributed by atoms with Crippen LogP contribution in [0.3, 0.4) is 0 Å². The van der Waals surface area contributed by atoms with E-state index in [2.05, 4.69) is 26.6 Å². The van der Waals surface area contributed by atoms with E-state index in [0.29, 0.717) is 0 Å². The number of benzene rings is 1. The van der Waals surface area contributed by atoms with Crippen LogP contribution in [-0.4, -0.2) is 18.5 Å². The molecule has 6 heteroatoms. The SMILES string of the molecule is CCC(C)NCC(=O)Nc1cc(Br)c(F)cc1F. The summed E-state index contributed by atoms with van der Waals surface area (Å²) in [6, 6.07) is 2.13. The molecule has 1 aromatic carbocycles. The first-order valence-corrected chi connectivity index (χ1v) is 6.41. The van der Waals surface area contributed by atoms with Gasteiger partial charge in [-0.05, 0) is 35.3 Å². The zero-order chi connectivity index (χ0) is 13.7. The van der Waals surface area contributed by atoms with Crippen molar-refractivity contribution >= 4 is 27.5 Å². The Morgan fingerprint density at radius 3 is 2.67 bits per heavy atom. The first-order valence-electron chi connectivity index (χ1n) is 5.61. The summed E-state index contributed by atoms with van der Waals surface area (Å²) in [5.41, 5.74) is -0.0424. The highest BCUT2D eigenvalue weighted by molar-refractivity contribution is 9.10. The van der Waals surface area contributed by atoms with E-state index in [1.807, 2.05) is 13.8 Å². The molecule has 100 valence electrons. The second kappa shape index (κ2) is 6.80. The molecule has 1 amide bonds. The van der Waals surface area contributed by atoms with Crippen molar-refractivity contribution in [2.45, 2.75) is 26.3 Å². The van der Waals surface area contributed by atoms with Gasteiger partial charge in [-0.2, -0.15) is 0 Å². The molecular formula is C12H15BrF2N2O. The van der Waals surface area contributed by atoms with E-state index in [1.165, 1.54) is 6.07 Å². The third-order valence-electron chi connectivity index (χ3n) is 2.51. The summed E-state index contributed by atoms with van der Waals surface area (Å²) in [6.07, 6.45) is 0.893. The third kappa shape index (κ3) is 4.34. The maximum Gasteiger partial charge on any atom is 0.238 e. The van der Waals surface area contributed by atoms with E-state index in [1.54, 1.807) is 0 Å². The minimum atomic E-state index is -0.799. The van der Waals surface area contributed by atoms with Gasteiger partial charge in [0.05, 0.1) is 16.7 Å². The van der Waals surface area contributed by atoms with Crippen LogP contribution in [0.25, 0.3) is 0 Å². The van der Waals surface area contributed by atoms with E-state index in [-0.39, 0.29) is 28.7 Å². The summed E-state index contributed by atoms with van der Waals surface area (Å²) < 4.78 is 26.5. The van der Waals surface area contributed by atoms with Crippen LogP contribution < -0.4 is 10.6 Å². The molecule has 0 aliphatic rings. The maximum atomic E-state index is 13.4. The second-order valence-electron chi connectivity index (χ2n) is 3.98. The van der Waals surface area contributed by atoms with Gasteiger partial charge in [0.15, 0.2) is 0 Å². The largest absolute Gasteiger partial charge is 0.322 e. The van der Waals surface area contributed by atoms with Gasteiger partial charge in [-0.25, -0.2) is 8.78 Å². The molecule has 2 N–H and O–H groups in total. The van der Waals surface area contributed by atoms with Crippen LogP contribution in [0.5, 0.6) is 0 Å². The number of hydrogen-bond acceptors (Lipinski definition) is 2. The zero-order valence-corrected chi connectivity index (χ0v) is 11.8. The molecule has 0 saturated heterocycles. The van der Waals surface area contributed by atoms with Crippen LogP contribution in [-0.2, 0) is 4.79 Å². The number of halogens is 3. The topological polar surface area (TPSA) is 41.1 Å². The van der Waals surface area contributed by atoms with Gasteiger partial charge < -0.3 is 10.6 Å². The molecule has 0 bridgehead atoms. The Kier molecular flexibility index (Phi) is 5.68. The van der Waals surface area contributed by atoms with Crippen LogP contribution in [0.4, 0.5) is 14.5 Å². The highest BCUT2D eigenvalue weighted by Crippen LogP contribution is 2.23. The minimum absolute atomic E-state index is 0.0424. The Hall–Kier alpha value is -1.01. The lowest BCUT2D eigenvalue weighted by atomic mass is 10.2. The monoisotopic (exact) mass is 320 g/mol. The molecule has 0 saturated carbocycles. The molecule has 0 aliphatic heterocycles. The van der Waals surface area contributed by atoms with Gasteiger partial charge in [0.2, 0.25) is 5.91 Å². The molecule has 0 aliphatic carbocycles. The third-order valence-corrected chi connectivity index (χ3v) is 3.12. The van der Waals surface area contributed by atoms with Crippen molar-refractivity contribution in [3.8, 4) is 0 Å². The van der Waals surface area contributed by atoms with Crippen molar-refractivity contribution in [1.29, 1.82) is 0 Å². The smallest absolute Gasteiger partial charge is 0.238 e. The fourth-order valence-electron chi connectivity index (χ4n) is 1.22. The average molecular weight is 321 g/mol. The minimum Gasteiger partial charge on any atom is -0.322 e. The van der Waals surface area contributed by atoms with Crippen molar-refractivity contribution < 1.29 is 13.6 Å². The summed E-state index contributed by atoms with van der Waals surface area (Å²) in [6.45, 7) is 4.03. The Bertz CT molecular complexity index is 440. The molecule has 0 spiro atoms. The summed E-state index contributed by atoms with van der Waals surface area (Å²) in [5.74, 6) is -1.87. The lowest BCUT2D eigenvalue weighted by Crippen LogP contribution is -2.34. The normalized spacial score (nSPS) is 12.3. The van der Waals surface area contributed by atoms with Crippen LogP contribution in [0.2, 0.25) is 0 Å². The summed E-state index contributed by atoms with van der Waals surface area (Å²) in [7, 11) is 0. The van der Waals surface area contributed by atoms with Gasteiger partial charge in [0.1, 0.15) is 11.6 Å². The van der Waals surface area contributed by atoms with Gasteiger partial charge >= 0.3 is 0 Å². The second-order valence-corrected chi connectivity index (χ2v) is 4.84. The van der Waals surface area contributed by atoms with Crippen molar-refractivity contribution in [2.24, 2.45) is 0 Å². The van der Waals surface area contributed by atoms with Crippen molar-refractivity contribution in [1.82, 2.24) is 5.32 Å². The van der Waals surface area contributed by atoms with Crippen molar-refractivity contribution in [3.63, 3.8) is 0 Å². The number of nitrogens with one attached hydrogen (secondary N) is 2. The number of amides is 1. The molecule has 0 heterocycles. The molecule has 0 radical (unpaired) electrons. The van der Waals surface area contributed by atoms with Crippen molar-refractivity contribution in [3.05, 3.63) is 28.2 Å². The van der Waals surface area contributed by atoms with Gasteiger partial charge in [-0.3, -0.25) is 4.79 Å². The molecule has 1 aromatic rings. The Morgan fingerprint density at radius 1 is 1.39 bits per heavy atom. The molecule has 18 heavy (non-hydrogen) atoms. The van der Waals surface area contributed by atoms with E-state index in [9.17, 15) is 13.6 Å². The fourth-order valence-corrected chi connectivity index (χ4v) is 1.57. The highest BCUT2D eigenvalue weighted by atomic mass is 79.9. The summed E-state index contributed by atoms with van der Waals surface area (Å²) >= 11 is 2.93. The molecule has 3 nitrogen and oxygen atoms in total. The quantitative estimate of drug-likeness (QED) is 0.819. The van der Waals surface area contributed by atoms with Crippen molar-refractivity contribution in [2.75, 3.05) is 11.9 Å². The number of carbonyl (C=O) groups excluding carboxylic acids is 1. The van der Waals surface area contributed by atoms with Crippen LogP contribution in [0.1, 0.15) is 20.3 Å². The van der Waals surface area contributed by atoms with Gasteiger partial charge in [0.25, 0.3) is 0 Å². The molecule has 0 fully saturated rings. The number of anilines is 1. The lowest BCUT2D eigenvalue weighted by molar-refractivity contribution is -0.115. The summed E-state index contributed by atoms with van der Waals surface area (Å²) in [4.78, 5) is 11.5. The first kappa shape index (κ1) is 15.0. The number of rotatable bonds is 5. The molecule has 1 unspecified atom stereocenters. The van der Waals surface area contributed by atoms with Crippen LogP contribution >= 0.6 is 15.9 Å². The van der Waals surface area contributed by atoms with Gasteiger partial charge in [-0.15, -0.1) is 0 Å². The number of carbonyl (C=O) groups is 1. The highest BCUT2D eigenvalue weighted by Gasteiger charge is 2.11. The Morgan fingerprint density at radius 2 is 2.06 bits per heavy atom. The predicted octanol–water partition coefficient (Wildman–Crippen LogP) is 3.05. The van der Waals surface area contributed by atoms with Gasteiger partial charge in [0, 0.05) is 12.1 Å². The van der Waals surface area contributed by atoms with E-state index >= 15 is 0 Å². The summed E-state index contributed by atoms with van der Waals surface area (Å²) in [5, 5.41) is 5.36. The molecule has 1 atom stereocenters. The predicted molar refractivity (Wildman–Crippen MR) is 70.4 cm³/mol. The average Bonchev–Trinajstić information content (AvgIpc) is 2.33. The first-order chi connectivity index (χ1) is 8.43. The van der Waals surface area contributed by atoms with E-state index < -0.39 is 11.6 Å². The zero-order valence-electron chi connectivity index (χ0n) is 10.2. The fraction of sp³-hybridized carbons (Fsp3) is 0.417. The standard InChI is InChI=1S/C12H15BrF2N2O/c1-3-7(2)16-6-12(18)17-11-4-8(13)9(14)5-10(11)15/h4-5,7,16H,3,6H2,1-2H3,(H,17,18). The molecule has 1 rings (SSSR count).